The van der Waals surface area contributed by atoms with E-state index in [0.717, 1.165) is 32.1 Å². The molecule has 1 aromatic carbocycles. The van der Waals surface area contributed by atoms with Crippen LogP contribution in [0, 0.1) is 5.82 Å². The predicted molar refractivity (Wildman–Crippen MR) is 72.0 cm³/mol. The Morgan fingerprint density at radius 2 is 2.00 bits per heavy atom. The van der Waals surface area contributed by atoms with E-state index in [9.17, 15) is 4.39 Å². The molecular formula is C13H19BFNO3. The lowest BCUT2D eigenvalue weighted by atomic mass is 9.80. The van der Waals surface area contributed by atoms with E-state index in [0.29, 0.717) is 6.61 Å². The number of benzene rings is 1. The number of likely N-dealkylation sites (tertiary alicyclic amines) is 1. The maximum atomic E-state index is 13.6. The number of rotatable bonds is 6. The summed E-state index contributed by atoms with van der Waals surface area (Å²) in [6.45, 7) is 3.75. The summed E-state index contributed by atoms with van der Waals surface area (Å²) in [6.07, 6.45) is 3.39. The van der Waals surface area contributed by atoms with Crippen LogP contribution in [-0.4, -0.2) is 48.3 Å². The summed E-state index contributed by atoms with van der Waals surface area (Å²) in [5.74, 6) is -0.405. The maximum absolute atomic E-state index is 13.6. The van der Waals surface area contributed by atoms with Crippen LogP contribution in [0.15, 0.2) is 18.2 Å². The van der Waals surface area contributed by atoms with Gasteiger partial charge >= 0.3 is 7.12 Å². The number of halogens is 1. The van der Waals surface area contributed by atoms with Crippen molar-refractivity contribution in [1.29, 1.82) is 0 Å². The van der Waals surface area contributed by atoms with E-state index in [-0.39, 0.29) is 11.2 Å². The van der Waals surface area contributed by atoms with Gasteiger partial charge in [-0.25, -0.2) is 4.39 Å². The van der Waals surface area contributed by atoms with Crippen LogP contribution in [0.1, 0.15) is 19.3 Å². The predicted octanol–water partition coefficient (Wildman–Crippen LogP) is 0.370. The Labute approximate surface area is 113 Å². The van der Waals surface area contributed by atoms with E-state index in [2.05, 4.69) is 4.90 Å². The molecule has 1 aliphatic heterocycles. The molecule has 0 aromatic heterocycles. The molecule has 1 aliphatic rings. The van der Waals surface area contributed by atoms with Crippen molar-refractivity contribution in [2.75, 3.05) is 26.2 Å². The van der Waals surface area contributed by atoms with Gasteiger partial charge in [0.05, 0.1) is 6.61 Å². The molecule has 6 heteroatoms. The van der Waals surface area contributed by atoms with Crippen molar-refractivity contribution < 1.29 is 19.2 Å². The van der Waals surface area contributed by atoms with Crippen LogP contribution in [0.25, 0.3) is 0 Å². The van der Waals surface area contributed by atoms with Crippen molar-refractivity contribution >= 4 is 12.6 Å². The molecule has 0 unspecified atom stereocenters. The molecule has 2 N–H and O–H groups in total. The van der Waals surface area contributed by atoms with Crippen molar-refractivity contribution in [2.24, 2.45) is 0 Å². The van der Waals surface area contributed by atoms with Gasteiger partial charge in [0.15, 0.2) is 11.6 Å². The summed E-state index contributed by atoms with van der Waals surface area (Å²) in [7, 11) is -1.65. The van der Waals surface area contributed by atoms with E-state index < -0.39 is 12.9 Å². The highest BCUT2D eigenvalue weighted by atomic mass is 19.1. The Bertz CT molecular complexity index is 411. The van der Waals surface area contributed by atoms with E-state index >= 15 is 0 Å². The first kappa shape index (κ1) is 14.3. The van der Waals surface area contributed by atoms with Gasteiger partial charge in [0.1, 0.15) is 0 Å². The van der Waals surface area contributed by atoms with Gasteiger partial charge in [-0.1, -0.05) is 6.07 Å². The first-order valence-electron chi connectivity index (χ1n) is 6.67. The summed E-state index contributed by atoms with van der Waals surface area (Å²) in [4.78, 5) is 2.38. The number of hydrogen-bond donors (Lipinski definition) is 2. The second-order valence-electron chi connectivity index (χ2n) is 4.81. The summed E-state index contributed by atoms with van der Waals surface area (Å²) >= 11 is 0. The Morgan fingerprint density at radius 3 is 2.63 bits per heavy atom. The Hall–Kier alpha value is -1.11. The summed E-state index contributed by atoms with van der Waals surface area (Å²) < 4.78 is 18.9. The molecule has 0 bridgehead atoms. The van der Waals surface area contributed by atoms with E-state index in [4.69, 9.17) is 14.8 Å². The van der Waals surface area contributed by atoms with Crippen molar-refractivity contribution in [3.05, 3.63) is 24.0 Å². The number of ether oxygens (including phenoxy) is 1. The second-order valence-corrected chi connectivity index (χ2v) is 4.81. The Morgan fingerprint density at radius 1 is 1.26 bits per heavy atom. The van der Waals surface area contributed by atoms with Crippen LogP contribution in [0.2, 0.25) is 0 Å². The highest BCUT2D eigenvalue weighted by Gasteiger charge is 2.14. The first-order chi connectivity index (χ1) is 9.16. The smallest absolute Gasteiger partial charge is 0.488 e. The highest BCUT2D eigenvalue weighted by molar-refractivity contribution is 6.58. The molecule has 1 saturated heterocycles. The van der Waals surface area contributed by atoms with Crippen molar-refractivity contribution in [3.8, 4) is 5.75 Å². The van der Waals surface area contributed by atoms with Crippen molar-refractivity contribution in [1.82, 2.24) is 4.90 Å². The average Bonchev–Trinajstić information content (AvgIpc) is 2.89. The van der Waals surface area contributed by atoms with Crippen LogP contribution in [0.3, 0.4) is 0 Å². The lowest BCUT2D eigenvalue weighted by Gasteiger charge is -2.14. The van der Waals surface area contributed by atoms with Gasteiger partial charge < -0.3 is 19.7 Å². The fourth-order valence-electron chi connectivity index (χ4n) is 2.27. The van der Waals surface area contributed by atoms with E-state index in [1.807, 2.05) is 0 Å². The quantitative estimate of drug-likeness (QED) is 0.577. The van der Waals surface area contributed by atoms with Crippen LogP contribution in [0.4, 0.5) is 4.39 Å². The molecule has 0 saturated carbocycles. The Balaban J connectivity index is 1.76. The zero-order valence-corrected chi connectivity index (χ0v) is 10.9. The summed E-state index contributed by atoms with van der Waals surface area (Å²) in [5, 5.41) is 17.8. The molecule has 0 atom stereocenters. The van der Waals surface area contributed by atoms with E-state index in [1.165, 1.54) is 25.0 Å². The molecule has 0 spiro atoms. The minimum atomic E-state index is -1.65. The van der Waals surface area contributed by atoms with Gasteiger partial charge in [0, 0.05) is 6.54 Å². The lowest BCUT2D eigenvalue weighted by Crippen LogP contribution is -2.30. The molecule has 1 fully saturated rings. The molecule has 4 nitrogen and oxygen atoms in total. The zero-order chi connectivity index (χ0) is 13.7. The van der Waals surface area contributed by atoms with Crippen LogP contribution < -0.4 is 10.2 Å². The maximum Gasteiger partial charge on any atom is 0.488 e. The van der Waals surface area contributed by atoms with Gasteiger partial charge in [-0.15, -0.1) is 0 Å². The third kappa shape index (κ3) is 4.19. The fourth-order valence-corrected chi connectivity index (χ4v) is 2.27. The molecule has 2 rings (SSSR count). The van der Waals surface area contributed by atoms with E-state index in [1.54, 1.807) is 0 Å². The third-order valence-corrected chi connectivity index (χ3v) is 3.33. The first-order valence-corrected chi connectivity index (χ1v) is 6.67. The van der Waals surface area contributed by atoms with Gasteiger partial charge in [0.2, 0.25) is 0 Å². The van der Waals surface area contributed by atoms with Crippen LogP contribution in [-0.2, 0) is 0 Å². The number of nitrogens with zero attached hydrogens (tertiary/aromatic N) is 1. The molecule has 0 aliphatic carbocycles. The minimum Gasteiger partial charge on any atom is -0.490 e. The van der Waals surface area contributed by atoms with Gasteiger partial charge in [-0.3, -0.25) is 0 Å². The SMILES string of the molecule is OB(O)c1ccc(OCCCN2CCCC2)c(F)c1. The van der Waals surface area contributed by atoms with Gasteiger partial charge in [0.25, 0.3) is 0 Å². The number of hydrogen-bond acceptors (Lipinski definition) is 4. The standard InChI is InChI=1S/C13H19BFNO3/c15-12-10-11(14(17)18)4-5-13(12)19-9-3-8-16-6-1-2-7-16/h4-5,10,17-18H,1-3,6-9H2. The van der Waals surface area contributed by atoms with Crippen LogP contribution in [0.5, 0.6) is 5.75 Å². The molecule has 0 amide bonds. The monoisotopic (exact) mass is 267 g/mol. The molecule has 104 valence electrons. The molecular weight excluding hydrogens is 248 g/mol. The molecule has 0 radical (unpaired) electrons. The fraction of sp³-hybridized carbons (Fsp3) is 0.538. The molecule has 1 aromatic rings. The molecule has 1 heterocycles. The minimum absolute atomic E-state index is 0.127. The van der Waals surface area contributed by atoms with Crippen molar-refractivity contribution in [3.63, 3.8) is 0 Å². The van der Waals surface area contributed by atoms with Crippen LogP contribution >= 0.6 is 0 Å². The summed E-state index contributed by atoms with van der Waals surface area (Å²) in [5.41, 5.74) is 0.127. The zero-order valence-electron chi connectivity index (χ0n) is 10.9. The average molecular weight is 267 g/mol. The van der Waals surface area contributed by atoms with Gasteiger partial charge in [-0.05, 0) is 49.9 Å². The second kappa shape index (κ2) is 6.89. The van der Waals surface area contributed by atoms with Crippen molar-refractivity contribution in [2.45, 2.75) is 19.3 Å². The lowest BCUT2D eigenvalue weighted by molar-refractivity contribution is 0.256. The largest absolute Gasteiger partial charge is 0.490 e. The van der Waals surface area contributed by atoms with Gasteiger partial charge in [-0.2, -0.15) is 0 Å². The molecule has 19 heavy (non-hydrogen) atoms. The highest BCUT2D eigenvalue weighted by Crippen LogP contribution is 2.15. The normalized spacial score (nSPS) is 15.7. The Kier molecular flexibility index (Phi) is 5.19. The summed E-state index contributed by atoms with van der Waals surface area (Å²) in [6, 6.07) is 3.96. The topological polar surface area (TPSA) is 52.9 Å². The third-order valence-electron chi connectivity index (χ3n) is 3.33.